The summed E-state index contributed by atoms with van der Waals surface area (Å²) in [5, 5.41) is 10.3. The maximum Gasteiger partial charge on any atom is 0.311 e. The number of ether oxygens (including phenoxy) is 1. The van der Waals surface area contributed by atoms with Crippen LogP contribution in [0.2, 0.25) is 0 Å². The summed E-state index contributed by atoms with van der Waals surface area (Å²) in [5.74, 6) is 0.799. The average Bonchev–Trinajstić information content (AvgIpc) is 2.75. The maximum atomic E-state index is 12.3. The first kappa shape index (κ1) is 28.9. The summed E-state index contributed by atoms with van der Waals surface area (Å²) in [6, 6.07) is 4.10. The molecule has 0 saturated heterocycles. The molecule has 0 aliphatic rings. The molecule has 0 aliphatic heterocycles. The van der Waals surface area contributed by atoms with E-state index in [1.165, 1.54) is 76.0 Å². The van der Waals surface area contributed by atoms with Crippen molar-refractivity contribution < 1.29 is 19.1 Å². The van der Waals surface area contributed by atoms with Gasteiger partial charge in [0.05, 0.1) is 0 Å². The summed E-state index contributed by atoms with van der Waals surface area (Å²) in [6.07, 6.45) is 15.1. The van der Waals surface area contributed by atoms with E-state index in [4.69, 9.17) is 9.15 Å². The number of phenols is 1. The number of rotatable bonds is 15. The van der Waals surface area contributed by atoms with E-state index in [-0.39, 0.29) is 33.9 Å². The van der Waals surface area contributed by atoms with Gasteiger partial charge < -0.3 is 14.3 Å². The number of phenolic OH excluding ortho intramolecular Hbond substituents is 1. The quantitative estimate of drug-likeness (QED) is 0.155. The number of fused-ring (bicyclic) bond motifs is 1. The zero-order valence-corrected chi connectivity index (χ0v) is 22.6. The Morgan fingerprint density at radius 3 is 2.17 bits per heavy atom. The molecule has 0 bridgehead atoms. The Morgan fingerprint density at radius 2 is 1.54 bits per heavy atom. The van der Waals surface area contributed by atoms with Gasteiger partial charge in [0.15, 0.2) is 5.43 Å². The molecule has 1 N–H and O–H groups in total. The first-order valence-electron chi connectivity index (χ1n) is 13.6. The van der Waals surface area contributed by atoms with Crippen molar-refractivity contribution in [2.45, 2.75) is 118 Å². The predicted octanol–water partition coefficient (Wildman–Crippen LogP) is 8.47. The van der Waals surface area contributed by atoms with Crippen molar-refractivity contribution >= 4 is 16.9 Å². The zero-order chi connectivity index (χ0) is 25.8. The predicted molar refractivity (Wildman–Crippen MR) is 143 cm³/mol. The van der Waals surface area contributed by atoms with E-state index >= 15 is 0 Å². The number of aromatic hydroxyl groups is 1. The highest BCUT2D eigenvalue weighted by atomic mass is 16.5. The van der Waals surface area contributed by atoms with Gasteiger partial charge in [-0.2, -0.15) is 0 Å². The molecule has 35 heavy (non-hydrogen) atoms. The Balaban J connectivity index is 1.70. The van der Waals surface area contributed by atoms with Crippen molar-refractivity contribution in [1.29, 1.82) is 0 Å². The van der Waals surface area contributed by atoms with E-state index in [0.717, 1.165) is 25.2 Å². The molecule has 0 amide bonds. The first-order chi connectivity index (χ1) is 16.6. The van der Waals surface area contributed by atoms with E-state index in [0.29, 0.717) is 17.6 Å². The largest absolute Gasteiger partial charge is 0.507 e. The van der Waals surface area contributed by atoms with Crippen molar-refractivity contribution in [3.8, 4) is 11.5 Å². The van der Waals surface area contributed by atoms with Gasteiger partial charge in [-0.3, -0.25) is 9.59 Å². The summed E-state index contributed by atoms with van der Waals surface area (Å²) >= 11 is 0. The van der Waals surface area contributed by atoms with Gasteiger partial charge in [-0.25, -0.2) is 0 Å². The van der Waals surface area contributed by atoms with Crippen LogP contribution in [0.4, 0.5) is 0 Å². The fourth-order valence-corrected chi connectivity index (χ4v) is 4.80. The van der Waals surface area contributed by atoms with Crippen LogP contribution in [-0.2, 0) is 4.79 Å². The van der Waals surface area contributed by atoms with Crippen molar-refractivity contribution in [3.05, 3.63) is 34.2 Å². The number of unbranched alkanes of at least 4 members (excludes halogenated alkanes) is 8. The van der Waals surface area contributed by atoms with Gasteiger partial charge in [0.2, 0.25) is 0 Å². The second-order valence-electron chi connectivity index (χ2n) is 11.1. The van der Waals surface area contributed by atoms with Crippen LogP contribution in [0.15, 0.2) is 27.4 Å². The third-order valence-electron chi connectivity index (χ3n) is 6.95. The standard InChI is InChI=1S/C30H46O5/c1-6-7-8-9-10-13-16-23(30(3,4)5)17-14-11-12-15-18-28(33)35-24-20-26(32)29-25(31)19-22(2)34-27(29)21-24/h19-21,23,32H,6-18H2,1-5H3. The fourth-order valence-electron chi connectivity index (χ4n) is 4.80. The molecule has 0 saturated carbocycles. The number of benzene rings is 1. The normalized spacial score (nSPS) is 12.7. The van der Waals surface area contributed by atoms with Gasteiger partial charge in [-0.1, -0.05) is 85.5 Å². The van der Waals surface area contributed by atoms with E-state index in [9.17, 15) is 14.7 Å². The summed E-state index contributed by atoms with van der Waals surface area (Å²) in [6.45, 7) is 11.0. The highest BCUT2D eigenvalue weighted by Crippen LogP contribution is 2.35. The number of carbonyl (C=O) groups excluding carboxylic acids is 1. The van der Waals surface area contributed by atoms with Crippen LogP contribution in [0.5, 0.6) is 11.5 Å². The minimum absolute atomic E-state index is 0.0976. The summed E-state index contributed by atoms with van der Waals surface area (Å²) in [7, 11) is 0. The number of hydrogen-bond acceptors (Lipinski definition) is 5. The Bertz CT molecular complexity index is 983. The molecule has 1 aromatic heterocycles. The molecule has 1 aromatic carbocycles. The van der Waals surface area contributed by atoms with Crippen LogP contribution in [0.3, 0.4) is 0 Å². The Labute approximate surface area is 211 Å². The minimum Gasteiger partial charge on any atom is -0.507 e. The van der Waals surface area contributed by atoms with Crippen molar-refractivity contribution in [1.82, 2.24) is 0 Å². The van der Waals surface area contributed by atoms with Crippen LogP contribution in [0, 0.1) is 18.3 Å². The van der Waals surface area contributed by atoms with Gasteiger partial charge in [-0.05, 0) is 37.5 Å². The Hall–Kier alpha value is -2.30. The molecule has 1 unspecified atom stereocenters. The second-order valence-corrected chi connectivity index (χ2v) is 11.1. The second kappa shape index (κ2) is 14.3. The lowest BCUT2D eigenvalue weighted by molar-refractivity contribution is -0.134. The number of aryl methyl sites for hydroxylation is 1. The molecule has 2 rings (SSSR count). The van der Waals surface area contributed by atoms with E-state index in [1.54, 1.807) is 6.92 Å². The van der Waals surface area contributed by atoms with Crippen LogP contribution < -0.4 is 10.2 Å². The molecule has 0 aliphatic carbocycles. The third kappa shape index (κ3) is 10.1. The summed E-state index contributed by atoms with van der Waals surface area (Å²) in [4.78, 5) is 24.3. The molecule has 2 aromatic rings. The number of hydrogen-bond donors (Lipinski definition) is 1. The van der Waals surface area contributed by atoms with E-state index < -0.39 is 0 Å². The SMILES string of the molecule is CCCCCCCCC(CCCCCCC(=O)Oc1cc(O)c2c(=O)cc(C)oc2c1)C(C)(C)C. The monoisotopic (exact) mass is 486 g/mol. The lowest BCUT2D eigenvalue weighted by atomic mass is 9.75. The van der Waals surface area contributed by atoms with Crippen molar-refractivity contribution in [2.75, 3.05) is 0 Å². The molecular weight excluding hydrogens is 440 g/mol. The maximum absolute atomic E-state index is 12.3. The van der Waals surface area contributed by atoms with Gasteiger partial charge in [0.1, 0.15) is 28.2 Å². The van der Waals surface area contributed by atoms with Crippen molar-refractivity contribution in [2.24, 2.45) is 11.3 Å². The van der Waals surface area contributed by atoms with Crippen LogP contribution in [0.1, 0.15) is 117 Å². The molecule has 1 atom stereocenters. The molecule has 0 spiro atoms. The van der Waals surface area contributed by atoms with Gasteiger partial charge in [-0.15, -0.1) is 0 Å². The Morgan fingerprint density at radius 1 is 0.943 bits per heavy atom. The molecule has 196 valence electrons. The minimum atomic E-state index is -0.339. The summed E-state index contributed by atoms with van der Waals surface area (Å²) < 4.78 is 10.9. The van der Waals surface area contributed by atoms with E-state index in [2.05, 4.69) is 27.7 Å². The Kier molecular flexibility index (Phi) is 11.8. The zero-order valence-electron chi connectivity index (χ0n) is 22.6. The van der Waals surface area contributed by atoms with Gasteiger partial charge >= 0.3 is 5.97 Å². The van der Waals surface area contributed by atoms with Gasteiger partial charge in [0, 0.05) is 24.6 Å². The lowest BCUT2D eigenvalue weighted by Gasteiger charge is -2.31. The highest BCUT2D eigenvalue weighted by Gasteiger charge is 2.23. The fraction of sp³-hybridized carbons (Fsp3) is 0.667. The lowest BCUT2D eigenvalue weighted by Crippen LogP contribution is -2.20. The van der Waals surface area contributed by atoms with Crippen LogP contribution >= 0.6 is 0 Å². The third-order valence-corrected chi connectivity index (χ3v) is 6.95. The molecule has 0 fully saturated rings. The smallest absolute Gasteiger partial charge is 0.311 e. The van der Waals surface area contributed by atoms with Crippen molar-refractivity contribution in [3.63, 3.8) is 0 Å². The topological polar surface area (TPSA) is 76.7 Å². The molecule has 5 nitrogen and oxygen atoms in total. The average molecular weight is 487 g/mol. The highest BCUT2D eigenvalue weighted by molar-refractivity contribution is 5.85. The van der Waals surface area contributed by atoms with E-state index in [1.807, 2.05) is 0 Å². The summed E-state index contributed by atoms with van der Waals surface area (Å²) in [5.41, 5.74) is 0.239. The first-order valence-corrected chi connectivity index (χ1v) is 13.6. The molecule has 1 heterocycles. The van der Waals surface area contributed by atoms with Gasteiger partial charge in [0.25, 0.3) is 0 Å². The number of esters is 1. The van der Waals surface area contributed by atoms with Crippen LogP contribution in [0.25, 0.3) is 11.0 Å². The number of carbonyl (C=O) groups is 1. The molecular formula is C30H46O5. The van der Waals surface area contributed by atoms with Crippen LogP contribution in [-0.4, -0.2) is 11.1 Å². The molecule has 5 heteroatoms. The molecule has 0 radical (unpaired) electrons.